The van der Waals surface area contributed by atoms with E-state index in [1.165, 1.54) is 5.56 Å². The minimum absolute atomic E-state index is 0.598. The number of primary amides is 1. The first-order valence-electron chi connectivity index (χ1n) is 4.12. The van der Waals surface area contributed by atoms with Gasteiger partial charge in [0, 0.05) is 5.56 Å². The summed E-state index contributed by atoms with van der Waals surface area (Å²) in [5, 5.41) is 0. The number of hydrogen-bond donors (Lipinski definition) is 1. The second-order valence-corrected chi connectivity index (χ2v) is 2.66. The first-order valence-corrected chi connectivity index (χ1v) is 4.12. The Morgan fingerprint density at radius 2 is 2.00 bits per heavy atom. The van der Waals surface area contributed by atoms with Gasteiger partial charge in [-0.1, -0.05) is 25.0 Å². The molecular weight excluding hydrogens is 162 g/mol. The molecule has 0 atom stereocenters. The summed E-state index contributed by atoms with van der Waals surface area (Å²) in [5.74, 6) is 4.36. The lowest BCUT2D eigenvalue weighted by Crippen LogP contribution is -2.06. The van der Waals surface area contributed by atoms with Crippen LogP contribution < -0.4 is 5.73 Å². The molecule has 0 aliphatic heterocycles. The number of benzene rings is 1. The lowest BCUT2D eigenvalue weighted by Gasteiger charge is -1.94. The van der Waals surface area contributed by atoms with Crippen molar-refractivity contribution in [2.75, 3.05) is 0 Å². The highest BCUT2D eigenvalue weighted by molar-refractivity contribution is 5.92. The van der Waals surface area contributed by atoms with Gasteiger partial charge in [0.15, 0.2) is 0 Å². The van der Waals surface area contributed by atoms with Gasteiger partial charge < -0.3 is 5.73 Å². The molecule has 13 heavy (non-hydrogen) atoms. The zero-order valence-electron chi connectivity index (χ0n) is 7.50. The van der Waals surface area contributed by atoms with Crippen LogP contribution in [-0.2, 0) is 11.2 Å². The van der Waals surface area contributed by atoms with Crippen LogP contribution in [0.2, 0.25) is 0 Å². The van der Waals surface area contributed by atoms with Crippen LogP contribution >= 0.6 is 0 Å². The lowest BCUT2D eigenvalue weighted by atomic mass is 10.1. The molecule has 0 radical (unpaired) electrons. The quantitative estimate of drug-likeness (QED) is 0.634. The van der Waals surface area contributed by atoms with Gasteiger partial charge in [-0.2, -0.15) is 0 Å². The molecule has 1 aromatic rings. The van der Waals surface area contributed by atoms with E-state index in [1.807, 2.05) is 24.3 Å². The molecule has 0 aliphatic rings. The zero-order chi connectivity index (χ0) is 9.68. The molecule has 0 aromatic heterocycles. The van der Waals surface area contributed by atoms with E-state index in [0.29, 0.717) is 0 Å². The average Bonchev–Trinajstić information content (AvgIpc) is 2.15. The van der Waals surface area contributed by atoms with E-state index in [-0.39, 0.29) is 0 Å². The number of carbonyl (C=O) groups is 1. The zero-order valence-corrected chi connectivity index (χ0v) is 7.50. The Labute approximate surface area is 77.8 Å². The third-order valence-corrected chi connectivity index (χ3v) is 1.69. The highest BCUT2D eigenvalue weighted by atomic mass is 16.1. The second kappa shape index (κ2) is 4.32. The van der Waals surface area contributed by atoms with E-state index < -0.39 is 5.91 Å². The van der Waals surface area contributed by atoms with E-state index in [9.17, 15) is 4.79 Å². The molecule has 2 nitrogen and oxygen atoms in total. The molecule has 2 N–H and O–H groups in total. The Bertz CT molecular complexity index is 354. The number of rotatable bonds is 1. The van der Waals surface area contributed by atoms with Crippen LogP contribution in [0.15, 0.2) is 24.3 Å². The number of aryl methyl sites for hydroxylation is 1. The Hall–Kier alpha value is -1.75. The smallest absolute Gasteiger partial charge is 0.293 e. The third kappa shape index (κ3) is 3.00. The number of hydrogen-bond acceptors (Lipinski definition) is 1. The van der Waals surface area contributed by atoms with E-state index in [0.717, 1.165) is 12.0 Å². The average molecular weight is 173 g/mol. The van der Waals surface area contributed by atoms with Crippen molar-refractivity contribution in [3.8, 4) is 11.8 Å². The highest BCUT2D eigenvalue weighted by Gasteiger charge is 1.89. The number of carbonyl (C=O) groups excluding carboxylic acids is 1. The molecule has 0 unspecified atom stereocenters. The summed E-state index contributed by atoms with van der Waals surface area (Å²) in [6.07, 6.45) is 1.00. The summed E-state index contributed by atoms with van der Waals surface area (Å²) < 4.78 is 0. The Kier molecular flexibility index (Phi) is 3.10. The fourth-order valence-corrected chi connectivity index (χ4v) is 0.958. The monoisotopic (exact) mass is 173 g/mol. The topological polar surface area (TPSA) is 43.1 Å². The Balaban J connectivity index is 2.83. The predicted molar refractivity (Wildman–Crippen MR) is 51.9 cm³/mol. The predicted octanol–water partition coefficient (Wildman–Crippen LogP) is 1.09. The SMILES string of the molecule is CCc1ccc(C#CC(N)=O)cc1. The van der Waals surface area contributed by atoms with Crippen LogP contribution in [0.5, 0.6) is 0 Å². The van der Waals surface area contributed by atoms with Crippen molar-refractivity contribution in [3.63, 3.8) is 0 Å². The molecule has 0 saturated carbocycles. The second-order valence-electron chi connectivity index (χ2n) is 2.66. The van der Waals surface area contributed by atoms with Crippen molar-refractivity contribution >= 4 is 5.91 Å². The van der Waals surface area contributed by atoms with E-state index in [4.69, 9.17) is 5.73 Å². The molecule has 2 heteroatoms. The molecule has 1 rings (SSSR count). The van der Waals surface area contributed by atoms with Gasteiger partial charge in [-0.3, -0.25) is 4.79 Å². The standard InChI is InChI=1S/C11H11NO/c1-2-9-3-5-10(6-4-9)7-8-11(12)13/h3-6H,2H2,1H3,(H2,12,13). The van der Waals surface area contributed by atoms with Gasteiger partial charge in [0.2, 0.25) is 0 Å². The molecule has 66 valence electrons. The summed E-state index contributed by atoms with van der Waals surface area (Å²) in [6.45, 7) is 2.09. The van der Waals surface area contributed by atoms with E-state index in [1.54, 1.807) is 0 Å². The molecule has 1 aromatic carbocycles. The van der Waals surface area contributed by atoms with Gasteiger partial charge in [0.05, 0.1) is 0 Å². The van der Waals surface area contributed by atoms with Crippen LogP contribution in [0, 0.1) is 11.8 Å². The van der Waals surface area contributed by atoms with Crippen LogP contribution in [0.4, 0.5) is 0 Å². The fourth-order valence-electron chi connectivity index (χ4n) is 0.958. The maximum absolute atomic E-state index is 10.3. The maximum Gasteiger partial charge on any atom is 0.293 e. The molecule has 0 bridgehead atoms. The Morgan fingerprint density at radius 3 is 2.46 bits per heavy atom. The van der Waals surface area contributed by atoms with Gasteiger partial charge in [0.1, 0.15) is 0 Å². The number of amides is 1. The largest absolute Gasteiger partial charge is 0.359 e. The molecule has 0 spiro atoms. The summed E-state index contributed by atoms with van der Waals surface area (Å²) in [4.78, 5) is 10.3. The Morgan fingerprint density at radius 1 is 1.38 bits per heavy atom. The first kappa shape index (κ1) is 9.34. The molecule has 0 aliphatic carbocycles. The van der Waals surface area contributed by atoms with Crippen molar-refractivity contribution in [1.29, 1.82) is 0 Å². The summed E-state index contributed by atoms with van der Waals surface area (Å²) >= 11 is 0. The molecule has 0 heterocycles. The van der Waals surface area contributed by atoms with Crippen molar-refractivity contribution < 1.29 is 4.79 Å². The summed E-state index contributed by atoms with van der Waals surface area (Å²) in [6, 6.07) is 7.75. The van der Waals surface area contributed by atoms with E-state index in [2.05, 4.69) is 18.8 Å². The fraction of sp³-hybridized carbons (Fsp3) is 0.182. The molecule has 0 fully saturated rings. The summed E-state index contributed by atoms with van der Waals surface area (Å²) in [5.41, 5.74) is 6.95. The van der Waals surface area contributed by atoms with Crippen LogP contribution in [0.25, 0.3) is 0 Å². The van der Waals surface area contributed by atoms with Crippen LogP contribution in [-0.4, -0.2) is 5.91 Å². The molecular formula is C11H11NO. The normalized spacial score (nSPS) is 8.69. The van der Waals surface area contributed by atoms with Crippen molar-refractivity contribution in [2.24, 2.45) is 5.73 Å². The van der Waals surface area contributed by atoms with Crippen molar-refractivity contribution in [1.82, 2.24) is 0 Å². The molecule has 0 saturated heterocycles. The minimum atomic E-state index is -0.598. The van der Waals surface area contributed by atoms with Crippen molar-refractivity contribution in [3.05, 3.63) is 35.4 Å². The first-order chi connectivity index (χ1) is 6.22. The van der Waals surface area contributed by atoms with Crippen LogP contribution in [0.3, 0.4) is 0 Å². The minimum Gasteiger partial charge on any atom is -0.359 e. The van der Waals surface area contributed by atoms with Gasteiger partial charge in [-0.15, -0.1) is 0 Å². The highest BCUT2D eigenvalue weighted by Crippen LogP contribution is 2.03. The van der Waals surface area contributed by atoms with Gasteiger partial charge in [-0.25, -0.2) is 0 Å². The number of nitrogens with two attached hydrogens (primary N) is 1. The van der Waals surface area contributed by atoms with Gasteiger partial charge >= 0.3 is 0 Å². The van der Waals surface area contributed by atoms with Gasteiger partial charge in [-0.05, 0) is 30.0 Å². The lowest BCUT2D eigenvalue weighted by molar-refractivity contribution is -0.112. The molecule has 1 amide bonds. The van der Waals surface area contributed by atoms with Gasteiger partial charge in [0.25, 0.3) is 5.91 Å². The maximum atomic E-state index is 10.3. The van der Waals surface area contributed by atoms with E-state index >= 15 is 0 Å². The van der Waals surface area contributed by atoms with Crippen molar-refractivity contribution in [2.45, 2.75) is 13.3 Å². The van der Waals surface area contributed by atoms with Crippen LogP contribution in [0.1, 0.15) is 18.1 Å². The summed E-state index contributed by atoms with van der Waals surface area (Å²) in [7, 11) is 0. The third-order valence-electron chi connectivity index (χ3n) is 1.69.